The van der Waals surface area contributed by atoms with Crippen molar-refractivity contribution in [2.75, 3.05) is 0 Å². The van der Waals surface area contributed by atoms with Crippen LogP contribution >= 0.6 is 11.3 Å². The normalized spacial score (nSPS) is 18.9. The summed E-state index contributed by atoms with van der Waals surface area (Å²) in [6.45, 7) is 2.19. The summed E-state index contributed by atoms with van der Waals surface area (Å²) in [5, 5.41) is 11.9. The van der Waals surface area contributed by atoms with Crippen molar-refractivity contribution in [1.29, 1.82) is 0 Å². The zero-order valence-electron chi connectivity index (χ0n) is 8.05. The van der Waals surface area contributed by atoms with Gasteiger partial charge in [-0.15, -0.1) is 11.3 Å². The van der Waals surface area contributed by atoms with E-state index in [4.69, 9.17) is 0 Å². The quantitative estimate of drug-likeness (QED) is 0.785. The number of hydrogen-bond acceptors (Lipinski definition) is 2. The Morgan fingerprint density at radius 1 is 1.54 bits per heavy atom. The van der Waals surface area contributed by atoms with E-state index in [1.54, 1.807) is 0 Å². The predicted octanol–water partition coefficient (Wildman–Crippen LogP) is 2.77. The van der Waals surface area contributed by atoms with Crippen LogP contribution in [-0.2, 0) is 12.8 Å². The molecule has 0 unspecified atom stereocenters. The average molecular weight is 196 g/mol. The Morgan fingerprint density at radius 2 is 2.31 bits per heavy atom. The fraction of sp³-hybridized carbons (Fsp3) is 0.636. The van der Waals surface area contributed by atoms with E-state index in [1.807, 2.05) is 11.3 Å². The van der Waals surface area contributed by atoms with Gasteiger partial charge in [0.15, 0.2) is 0 Å². The monoisotopic (exact) mass is 196 g/mol. The van der Waals surface area contributed by atoms with Crippen LogP contribution in [0.2, 0.25) is 0 Å². The van der Waals surface area contributed by atoms with Gasteiger partial charge in [-0.2, -0.15) is 0 Å². The van der Waals surface area contributed by atoms with Gasteiger partial charge in [-0.25, -0.2) is 0 Å². The van der Waals surface area contributed by atoms with Crippen molar-refractivity contribution in [3.63, 3.8) is 0 Å². The van der Waals surface area contributed by atoms with Crippen molar-refractivity contribution < 1.29 is 5.11 Å². The van der Waals surface area contributed by atoms with Crippen LogP contribution in [0.3, 0.4) is 0 Å². The molecule has 1 fully saturated rings. The van der Waals surface area contributed by atoms with Gasteiger partial charge < -0.3 is 5.11 Å². The van der Waals surface area contributed by atoms with E-state index in [9.17, 15) is 5.11 Å². The first-order valence-electron chi connectivity index (χ1n) is 5.01. The van der Waals surface area contributed by atoms with Gasteiger partial charge in [-0.05, 0) is 49.1 Å². The molecule has 72 valence electrons. The second-order valence-electron chi connectivity index (χ2n) is 3.95. The molecule has 1 aromatic heterocycles. The smallest absolute Gasteiger partial charge is 0.0653 e. The molecule has 1 aromatic rings. The van der Waals surface area contributed by atoms with Gasteiger partial charge >= 0.3 is 0 Å². The Bertz CT molecular complexity index is 286. The standard InChI is InChI=1S/C11H16OS/c1-2-9-4-8-13-10(9)3-5-11(12)6-7-11/h4,8,12H,2-3,5-7H2,1H3. The SMILES string of the molecule is CCc1ccsc1CCC1(O)CC1. The van der Waals surface area contributed by atoms with Crippen LogP contribution in [-0.4, -0.2) is 10.7 Å². The van der Waals surface area contributed by atoms with Gasteiger partial charge in [-0.1, -0.05) is 6.92 Å². The lowest BCUT2D eigenvalue weighted by atomic mass is 10.1. The largest absolute Gasteiger partial charge is 0.390 e. The molecule has 2 rings (SSSR count). The molecule has 0 saturated heterocycles. The van der Waals surface area contributed by atoms with Gasteiger partial charge in [0.2, 0.25) is 0 Å². The minimum Gasteiger partial charge on any atom is -0.390 e. The zero-order chi connectivity index (χ0) is 9.31. The maximum absolute atomic E-state index is 9.70. The summed E-state index contributed by atoms with van der Waals surface area (Å²) in [5.74, 6) is 0. The van der Waals surface area contributed by atoms with E-state index >= 15 is 0 Å². The van der Waals surface area contributed by atoms with E-state index < -0.39 is 0 Å². The molecule has 0 radical (unpaired) electrons. The second-order valence-corrected chi connectivity index (χ2v) is 4.95. The number of aryl methyl sites for hydroxylation is 2. The summed E-state index contributed by atoms with van der Waals surface area (Å²) in [6, 6.07) is 2.21. The summed E-state index contributed by atoms with van der Waals surface area (Å²) in [6.07, 6.45) is 5.18. The van der Waals surface area contributed by atoms with Crippen LogP contribution < -0.4 is 0 Å². The summed E-state index contributed by atoms with van der Waals surface area (Å²) in [4.78, 5) is 1.47. The van der Waals surface area contributed by atoms with Gasteiger partial charge in [0, 0.05) is 4.88 Å². The number of thiophene rings is 1. The maximum Gasteiger partial charge on any atom is 0.0653 e. The topological polar surface area (TPSA) is 20.2 Å². The Hall–Kier alpha value is -0.340. The first kappa shape index (κ1) is 9.22. The molecule has 1 aliphatic carbocycles. The van der Waals surface area contributed by atoms with Crippen LogP contribution in [0.1, 0.15) is 36.6 Å². The van der Waals surface area contributed by atoms with Crippen molar-refractivity contribution in [3.8, 4) is 0 Å². The molecule has 1 aliphatic rings. The van der Waals surface area contributed by atoms with Crippen LogP contribution in [0.25, 0.3) is 0 Å². The number of rotatable bonds is 4. The van der Waals surface area contributed by atoms with Crippen LogP contribution in [0.4, 0.5) is 0 Å². The van der Waals surface area contributed by atoms with Crippen molar-refractivity contribution in [2.45, 2.75) is 44.6 Å². The number of hydrogen-bond donors (Lipinski definition) is 1. The molecule has 2 heteroatoms. The molecule has 1 N–H and O–H groups in total. The van der Waals surface area contributed by atoms with E-state index in [0.29, 0.717) is 0 Å². The molecule has 1 nitrogen and oxygen atoms in total. The third kappa shape index (κ3) is 2.12. The molecule has 0 atom stereocenters. The maximum atomic E-state index is 9.70. The number of aliphatic hydroxyl groups is 1. The Morgan fingerprint density at radius 3 is 2.92 bits per heavy atom. The second kappa shape index (κ2) is 3.43. The molecule has 13 heavy (non-hydrogen) atoms. The molecule has 1 heterocycles. The van der Waals surface area contributed by atoms with Crippen LogP contribution in [0.5, 0.6) is 0 Å². The molecule has 0 bridgehead atoms. The van der Waals surface area contributed by atoms with E-state index in [1.165, 1.54) is 10.4 Å². The summed E-state index contributed by atoms with van der Waals surface area (Å²) < 4.78 is 0. The van der Waals surface area contributed by atoms with Gasteiger partial charge in [0.05, 0.1) is 5.60 Å². The highest BCUT2D eigenvalue weighted by Gasteiger charge is 2.39. The highest BCUT2D eigenvalue weighted by atomic mass is 32.1. The predicted molar refractivity (Wildman–Crippen MR) is 56.2 cm³/mol. The summed E-state index contributed by atoms with van der Waals surface area (Å²) >= 11 is 1.83. The minimum absolute atomic E-state index is 0.283. The lowest BCUT2D eigenvalue weighted by Gasteiger charge is -2.06. The van der Waals surface area contributed by atoms with Crippen molar-refractivity contribution in [3.05, 3.63) is 21.9 Å². The Balaban J connectivity index is 1.93. The van der Waals surface area contributed by atoms with E-state index in [-0.39, 0.29) is 5.60 Å². The van der Waals surface area contributed by atoms with Gasteiger partial charge in [0.1, 0.15) is 0 Å². The first-order chi connectivity index (χ1) is 6.23. The summed E-state index contributed by atoms with van der Waals surface area (Å²) in [5.41, 5.74) is 1.18. The highest BCUT2D eigenvalue weighted by molar-refractivity contribution is 7.10. The third-order valence-corrected chi connectivity index (χ3v) is 3.89. The molecule has 0 aliphatic heterocycles. The van der Waals surface area contributed by atoms with Crippen molar-refractivity contribution in [2.24, 2.45) is 0 Å². The molecular weight excluding hydrogens is 180 g/mol. The zero-order valence-corrected chi connectivity index (χ0v) is 8.86. The molecule has 0 aromatic carbocycles. The Kier molecular flexibility index (Phi) is 2.43. The van der Waals surface area contributed by atoms with Crippen LogP contribution in [0.15, 0.2) is 11.4 Å². The molecular formula is C11H16OS. The average Bonchev–Trinajstić information content (AvgIpc) is 2.69. The van der Waals surface area contributed by atoms with Crippen molar-refractivity contribution in [1.82, 2.24) is 0 Å². The fourth-order valence-corrected chi connectivity index (χ4v) is 2.62. The minimum atomic E-state index is -0.283. The summed E-state index contributed by atoms with van der Waals surface area (Å²) in [7, 11) is 0. The van der Waals surface area contributed by atoms with E-state index in [2.05, 4.69) is 18.4 Å². The van der Waals surface area contributed by atoms with Gasteiger partial charge in [-0.3, -0.25) is 0 Å². The molecule has 0 spiro atoms. The van der Waals surface area contributed by atoms with E-state index in [0.717, 1.165) is 32.1 Å². The Labute approximate surface area is 83.4 Å². The third-order valence-electron chi connectivity index (χ3n) is 2.86. The molecule has 0 amide bonds. The fourth-order valence-electron chi connectivity index (χ4n) is 1.64. The van der Waals surface area contributed by atoms with Crippen LogP contribution in [0, 0.1) is 0 Å². The highest BCUT2D eigenvalue weighted by Crippen LogP contribution is 2.39. The van der Waals surface area contributed by atoms with Crippen molar-refractivity contribution >= 4 is 11.3 Å². The lowest BCUT2D eigenvalue weighted by molar-refractivity contribution is 0.141. The van der Waals surface area contributed by atoms with Gasteiger partial charge in [0.25, 0.3) is 0 Å². The first-order valence-corrected chi connectivity index (χ1v) is 5.89. The lowest BCUT2D eigenvalue weighted by Crippen LogP contribution is -2.07. The molecule has 1 saturated carbocycles.